The van der Waals surface area contributed by atoms with Gasteiger partial charge in [0.25, 0.3) is 0 Å². The van der Waals surface area contributed by atoms with E-state index in [0.29, 0.717) is 6.04 Å². The second kappa shape index (κ2) is 6.36. The molecule has 2 aromatic rings. The van der Waals surface area contributed by atoms with Crippen molar-refractivity contribution >= 4 is 17.4 Å². The third-order valence-electron chi connectivity index (χ3n) is 3.75. The van der Waals surface area contributed by atoms with Crippen molar-refractivity contribution in [3.8, 4) is 0 Å². The second-order valence-electron chi connectivity index (χ2n) is 5.30. The minimum absolute atomic E-state index is 0.454. The van der Waals surface area contributed by atoms with Crippen LogP contribution in [0.15, 0.2) is 59.5 Å². The van der Waals surface area contributed by atoms with Crippen molar-refractivity contribution in [1.82, 2.24) is 0 Å². The lowest BCUT2D eigenvalue weighted by molar-refractivity contribution is 0.677. The number of thioether (sulfide) groups is 1. The second-order valence-corrected chi connectivity index (χ2v) is 6.61. The summed E-state index contributed by atoms with van der Waals surface area (Å²) < 4.78 is 0. The van der Waals surface area contributed by atoms with Crippen LogP contribution in [0.2, 0.25) is 0 Å². The van der Waals surface area contributed by atoms with Crippen molar-refractivity contribution in [2.75, 3.05) is 11.1 Å². The van der Waals surface area contributed by atoms with E-state index in [1.807, 2.05) is 11.8 Å². The monoisotopic (exact) mass is 283 g/mol. The Labute approximate surface area is 125 Å². The quantitative estimate of drug-likeness (QED) is 0.716. The molecule has 0 amide bonds. The molecule has 1 unspecified atom stereocenters. The SMILES string of the molecule is CCSc1ccccc1NC(c1ccccc1)C1CC1. The van der Waals surface area contributed by atoms with Crippen LogP contribution in [0.1, 0.15) is 31.4 Å². The summed E-state index contributed by atoms with van der Waals surface area (Å²) in [6, 6.07) is 20.0. The first kappa shape index (κ1) is 13.6. The van der Waals surface area contributed by atoms with Crippen molar-refractivity contribution in [3.05, 3.63) is 60.2 Å². The molecule has 0 bridgehead atoms. The topological polar surface area (TPSA) is 12.0 Å². The third-order valence-corrected chi connectivity index (χ3v) is 4.71. The fourth-order valence-corrected chi connectivity index (χ4v) is 3.37. The lowest BCUT2D eigenvalue weighted by atomic mass is 10.0. The van der Waals surface area contributed by atoms with Gasteiger partial charge in [-0.1, -0.05) is 49.4 Å². The average Bonchev–Trinajstić information content (AvgIpc) is 3.32. The average molecular weight is 283 g/mol. The molecule has 1 N–H and O–H groups in total. The molecule has 2 heteroatoms. The molecule has 20 heavy (non-hydrogen) atoms. The summed E-state index contributed by atoms with van der Waals surface area (Å²) in [5.74, 6) is 1.90. The molecule has 1 aliphatic carbocycles. The number of rotatable bonds is 6. The predicted octanol–water partition coefficient (Wildman–Crippen LogP) is 5.36. The van der Waals surface area contributed by atoms with E-state index in [0.717, 1.165) is 11.7 Å². The zero-order chi connectivity index (χ0) is 13.8. The van der Waals surface area contributed by atoms with Crippen LogP contribution in [-0.2, 0) is 0 Å². The van der Waals surface area contributed by atoms with E-state index in [4.69, 9.17) is 0 Å². The molecule has 3 rings (SSSR count). The first-order valence-electron chi connectivity index (χ1n) is 7.42. The third kappa shape index (κ3) is 3.18. The zero-order valence-electron chi connectivity index (χ0n) is 11.9. The van der Waals surface area contributed by atoms with Gasteiger partial charge in [-0.25, -0.2) is 0 Å². The van der Waals surface area contributed by atoms with Gasteiger partial charge in [-0.2, -0.15) is 0 Å². The Hall–Kier alpha value is -1.41. The van der Waals surface area contributed by atoms with Gasteiger partial charge in [0.1, 0.15) is 0 Å². The summed E-state index contributed by atoms with van der Waals surface area (Å²) >= 11 is 1.91. The van der Waals surface area contributed by atoms with E-state index in [2.05, 4.69) is 66.8 Å². The predicted molar refractivity (Wildman–Crippen MR) is 88.4 cm³/mol. The highest BCUT2D eigenvalue weighted by molar-refractivity contribution is 7.99. The number of hydrogen-bond donors (Lipinski definition) is 1. The van der Waals surface area contributed by atoms with E-state index in [9.17, 15) is 0 Å². The van der Waals surface area contributed by atoms with Gasteiger partial charge in [0.15, 0.2) is 0 Å². The highest BCUT2D eigenvalue weighted by Crippen LogP contribution is 2.43. The first-order valence-corrected chi connectivity index (χ1v) is 8.40. The van der Waals surface area contributed by atoms with Crippen molar-refractivity contribution < 1.29 is 0 Å². The summed E-state index contributed by atoms with van der Waals surface area (Å²) in [4.78, 5) is 1.36. The molecular weight excluding hydrogens is 262 g/mol. The van der Waals surface area contributed by atoms with Crippen molar-refractivity contribution in [2.45, 2.75) is 30.7 Å². The van der Waals surface area contributed by atoms with E-state index in [1.165, 1.54) is 29.0 Å². The highest BCUT2D eigenvalue weighted by Gasteiger charge is 2.32. The van der Waals surface area contributed by atoms with Crippen LogP contribution in [0.4, 0.5) is 5.69 Å². The lowest BCUT2D eigenvalue weighted by Gasteiger charge is -2.22. The first-order chi connectivity index (χ1) is 9.88. The molecule has 1 saturated carbocycles. The standard InChI is InChI=1S/C18H21NS/c1-2-20-17-11-7-6-10-16(17)19-18(15-12-13-15)14-8-4-3-5-9-14/h3-11,15,18-19H,2,12-13H2,1H3. The molecule has 1 fully saturated rings. The van der Waals surface area contributed by atoms with Crippen molar-refractivity contribution in [1.29, 1.82) is 0 Å². The maximum absolute atomic E-state index is 3.79. The molecule has 2 aromatic carbocycles. The molecule has 1 atom stereocenters. The maximum atomic E-state index is 3.79. The van der Waals surface area contributed by atoms with Gasteiger partial charge >= 0.3 is 0 Å². The molecule has 0 aliphatic heterocycles. The Morgan fingerprint density at radius 2 is 1.75 bits per heavy atom. The van der Waals surface area contributed by atoms with Crippen LogP contribution in [0, 0.1) is 5.92 Å². The zero-order valence-corrected chi connectivity index (χ0v) is 12.7. The molecule has 1 nitrogen and oxygen atoms in total. The number of nitrogens with one attached hydrogen (secondary N) is 1. The van der Waals surface area contributed by atoms with Gasteiger partial charge in [-0.15, -0.1) is 11.8 Å². The molecule has 0 radical (unpaired) electrons. The summed E-state index contributed by atoms with van der Waals surface area (Å²) in [7, 11) is 0. The van der Waals surface area contributed by atoms with Gasteiger partial charge in [0.05, 0.1) is 6.04 Å². The molecule has 0 spiro atoms. The minimum Gasteiger partial charge on any atom is -0.377 e. The van der Waals surface area contributed by atoms with Crippen LogP contribution >= 0.6 is 11.8 Å². The van der Waals surface area contributed by atoms with E-state index in [1.54, 1.807) is 0 Å². The molecule has 1 aliphatic rings. The molecule has 0 heterocycles. The Bertz CT molecular complexity index is 548. The number of anilines is 1. The highest BCUT2D eigenvalue weighted by atomic mass is 32.2. The van der Waals surface area contributed by atoms with Gasteiger partial charge in [0, 0.05) is 10.6 Å². The Morgan fingerprint density at radius 1 is 1.05 bits per heavy atom. The Morgan fingerprint density at radius 3 is 2.45 bits per heavy atom. The van der Waals surface area contributed by atoms with Crippen LogP contribution in [0.25, 0.3) is 0 Å². The summed E-state index contributed by atoms with van der Waals surface area (Å²) in [6.45, 7) is 2.21. The van der Waals surface area contributed by atoms with Gasteiger partial charge in [-0.3, -0.25) is 0 Å². The maximum Gasteiger partial charge on any atom is 0.0542 e. The summed E-state index contributed by atoms with van der Waals surface area (Å²) in [5, 5.41) is 3.79. The Balaban J connectivity index is 1.84. The number of hydrogen-bond acceptors (Lipinski definition) is 2. The minimum atomic E-state index is 0.454. The van der Waals surface area contributed by atoms with Crippen molar-refractivity contribution in [3.63, 3.8) is 0 Å². The van der Waals surface area contributed by atoms with E-state index >= 15 is 0 Å². The van der Waals surface area contributed by atoms with Crippen LogP contribution in [-0.4, -0.2) is 5.75 Å². The largest absolute Gasteiger partial charge is 0.377 e. The molecular formula is C18H21NS. The smallest absolute Gasteiger partial charge is 0.0542 e. The van der Waals surface area contributed by atoms with E-state index < -0.39 is 0 Å². The van der Waals surface area contributed by atoms with Crippen molar-refractivity contribution in [2.24, 2.45) is 5.92 Å². The van der Waals surface area contributed by atoms with Crippen LogP contribution in [0.5, 0.6) is 0 Å². The van der Waals surface area contributed by atoms with E-state index in [-0.39, 0.29) is 0 Å². The fourth-order valence-electron chi connectivity index (χ4n) is 2.60. The molecule has 104 valence electrons. The van der Waals surface area contributed by atoms with Gasteiger partial charge in [0.2, 0.25) is 0 Å². The molecule has 0 aromatic heterocycles. The summed E-state index contributed by atoms with van der Waals surface area (Å²) in [6.07, 6.45) is 2.69. The van der Waals surface area contributed by atoms with Gasteiger partial charge < -0.3 is 5.32 Å². The van der Waals surface area contributed by atoms with Crippen LogP contribution in [0.3, 0.4) is 0 Å². The number of para-hydroxylation sites is 1. The normalized spacial score (nSPS) is 15.8. The number of benzene rings is 2. The fraction of sp³-hybridized carbons (Fsp3) is 0.333. The lowest BCUT2D eigenvalue weighted by Crippen LogP contribution is -2.13. The Kier molecular flexibility index (Phi) is 4.31. The van der Waals surface area contributed by atoms with Crippen LogP contribution < -0.4 is 5.32 Å². The van der Waals surface area contributed by atoms with Gasteiger partial charge in [-0.05, 0) is 42.2 Å². The summed E-state index contributed by atoms with van der Waals surface area (Å²) in [5.41, 5.74) is 2.69. The molecule has 0 saturated heterocycles.